The molecule has 1 aliphatic heterocycles. The van der Waals surface area contributed by atoms with Gasteiger partial charge in [0.05, 0.1) is 22.5 Å². The highest BCUT2D eigenvalue weighted by Gasteiger charge is 2.31. The van der Waals surface area contributed by atoms with Crippen LogP contribution in [0.25, 0.3) is 10.6 Å². The molecule has 0 aliphatic carbocycles. The summed E-state index contributed by atoms with van der Waals surface area (Å²) in [6.45, 7) is 4.36. The van der Waals surface area contributed by atoms with Crippen LogP contribution in [0.2, 0.25) is 0 Å². The molecule has 0 atom stereocenters. The summed E-state index contributed by atoms with van der Waals surface area (Å²) in [5, 5.41) is 6.31. The Balaban J connectivity index is 1.90. The predicted molar refractivity (Wildman–Crippen MR) is 137 cm³/mol. The highest BCUT2D eigenvalue weighted by atomic mass is 32.2. The molecule has 0 unspecified atom stereocenters. The van der Waals surface area contributed by atoms with Crippen LogP contribution in [0.1, 0.15) is 25.8 Å². The van der Waals surface area contributed by atoms with E-state index in [0.717, 1.165) is 17.2 Å². The number of aliphatic imine (C=N–C) groups is 1. The van der Waals surface area contributed by atoms with E-state index in [-0.39, 0.29) is 33.4 Å². The zero-order valence-corrected chi connectivity index (χ0v) is 21.6. The second-order valence-electron chi connectivity index (χ2n) is 8.45. The van der Waals surface area contributed by atoms with E-state index in [1.165, 1.54) is 28.2 Å². The molecule has 3 aromatic rings. The first kappa shape index (κ1) is 24.9. The Morgan fingerprint density at radius 1 is 1.26 bits per heavy atom. The maximum atomic E-state index is 13.4. The molecule has 0 amide bonds. The standard InChI is InChI=1S/C21H24N6O5S3/c1-12(2)8-9-27-21(28)17(18(22)19(24-27)15-5-4-10-33-15)20-23-14-7-6-13(25-34(3,29)30)11-16(14)35(31,32)26-20/h4-7,10-12,25H,8-9,22H2,1-3H3,(H,23,26). The van der Waals surface area contributed by atoms with E-state index in [2.05, 4.69) is 19.5 Å². The molecular formula is C21H24N6O5S3. The number of hydrogen-bond acceptors (Lipinski definition) is 9. The lowest BCUT2D eigenvalue weighted by atomic mass is 10.1. The van der Waals surface area contributed by atoms with Crippen LogP contribution >= 0.6 is 11.3 Å². The molecule has 0 spiro atoms. The smallest absolute Gasteiger partial charge is 0.279 e. The number of nitrogens with zero attached hydrogens (tertiary/aromatic N) is 3. The molecule has 186 valence electrons. The van der Waals surface area contributed by atoms with Gasteiger partial charge in [-0.2, -0.15) is 5.10 Å². The van der Waals surface area contributed by atoms with Crippen LogP contribution in [0.15, 0.2) is 50.4 Å². The molecule has 35 heavy (non-hydrogen) atoms. The number of hydrogen-bond donors (Lipinski definition) is 3. The summed E-state index contributed by atoms with van der Waals surface area (Å²) < 4.78 is 55.1. The molecule has 1 aliphatic rings. The maximum absolute atomic E-state index is 13.4. The van der Waals surface area contributed by atoms with Crippen molar-refractivity contribution in [1.29, 1.82) is 0 Å². The quantitative estimate of drug-likeness (QED) is 0.417. The first-order chi connectivity index (χ1) is 16.4. The third kappa shape index (κ3) is 5.23. The van der Waals surface area contributed by atoms with Crippen molar-refractivity contribution < 1.29 is 16.8 Å². The molecule has 0 saturated carbocycles. The molecule has 4 N–H and O–H groups in total. The fourth-order valence-electron chi connectivity index (χ4n) is 3.47. The van der Waals surface area contributed by atoms with Crippen molar-refractivity contribution in [2.45, 2.75) is 31.7 Å². The minimum absolute atomic E-state index is 0.0125. The normalized spacial score (nSPS) is 14.8. The van der Waals surface area contributed by atoms with Crippen molar-refractivity contribution in [2.24, 2.45) is 10.9 Å². The van der Waals surface area contributed by atoms with Gasteiger partial charge in [-0.05, 0) is 42.0 Å². The second kappa shape index (κ2) is 9.09. The monoisotopic (exact) mass is 536 g/mol. The summed E-state index contributed by atoms with van der Waals surface area (Å²) in [4.78, 5) is 18.2. The highest BCUT2D eigenvalue weighted by Crippen LogP contribution is 2.34. The fourth-order valence-corrected chi connectivity index (χ4v) is 5.93. The number of fused-ring (bicyclic) bond motifs is 1. The number of nitrogen functional groups attached to an aromatic ring is 1. The Morgan fingerprint density at radius 3 is 2.63 bits per heavy atom. The van der Waals surface area contributed by atoms with Gasteiger partial charge in [-0.3, -0.25) is 14.2 Å². The maximum Gasteiger partial charge on any atom is 0.279 e. The second-order valence-corrected chi connectivity index (χ2v) is 12.8. The summed E-state index contributed by atoms with van der Waals surface area (Å²) in [5.74, 6) is 0.0874. The zero-order valence-electron chi connectivity index (χ0n) is 19.1. The summed E-state index contributed by atoms with van der Waals surface area (Å²) in [6, 6.07) is 7.53. The summed E-state index contributed by atoms with van der Waals surface area (Å²) in [5.41, 5.74) is 6.19. The Morgan fingerprint density at radius 2 is 2.00 bits per heavy atom. The number of aromatic nitrogens is 2. The largest absolute Gasteiger partial charge is 0.396 e. The Kier molecular flexibility index (Phi) is 6.46. The van der Waals surface area contributed by atoms with Gasteiger partial charge in [0.25, 0.3) is 15.6 Å². The number of sulfonamides is 2. The summed E-state index contributed by atoms with van der Waals surface area (Å²) in [6.07, 6.45) is 1.63. The van der Waals surface area contributed by atoms with Gasteiger partial charge in [0, 0.05) is 12.2 Å². The van der Waals surface area contributed by atoms with E-state index < -0.39 is 25.6 Å². The third-order valence-corrected chi connectivity index (χ3v) is 7.97. The van der Waals surface area contributed by atoms with Crippen molar-refractivity contribution >= 4 is 54.3 Å². The van der Waals surface area contributed by atoms with Gasteiger partial charge < -0.3 is 5.73 Å². The predicted octanol–water partition coefficient (Wildman–Crippen LogP) is 2.34. The summed E-state index contributed by atoms with van der Waals surface area (Å²) >= 11 is 1.39. The first-order valence-corrected chi connectivity index (χ1v) is 14.8. The number of thiophene rings is 1. The van der Waals surface area contributed by atoms with Gasteiger partial charge in [-0.1, -0.05) is 19.9 Å². The van der Waals surface area contributed by atoms with Crippen molar-refractivity contribution in [3.05, 3.63) is 51.6 Å². The Labute approximate surface area is 206 Å². The van der Waals surface area contributed by atoms with Crippen LogP contribution in [-0.4, -0.2) is 38.7 Å². The SMILES string of the molecule is CC(C)CCn1nc(-c2cccs2)c(N)c(C2=Nc3ccc(NS(C)(=O)=O)cc3S(=O)(=O)N2)c1=O. The van der Waals surface area contributed by atoms with E-state index >= 15 is 0 Å². The first-order valence-electron chi connectivity index (χ1n) is 10.5. The highest BCUT2D eigenvalue weighted by molar-refractivity contribution is 7.92. The van der Waals surface area contributed by atoms with Crippen molar-refractivity contribution in [3.8, 4) is 10.6 Å². The van der Waals surface area contributed by atoms with Crippen LogP contribution in [0.5, 0.6) is 0 Å². The lowest BCUT2D eigenvalue weighted by molar-refractivity contribution is 0.473. The van der Waals surface area contributed by atoms with Gasteiger partial charge in [0.15, 0.2) is 5.84 Å². The lowest BCUT2D eigenvalue weighted by Crippen LogP contribution is -2.40. The third-order valence-electron chi connectivity index (χ3n) is 5.12. The summed E-state index contributed by atoms with van der Waals surface area (Å²) in [7, 11) is -7.81. The molecule has 0 radical (unpaired) electrons. The van der Waals surface area contributed by atoms with Gasteiger partial charge in [0.1, 0.15) is 16.2 Å². The van der Waals surface area contributed by atoms with E-state index in [0.29, 0.717) is 24.6 Å². The molecule has 0 bridgehead atoms. The topological polar surface area (TPSA) is 166 Å². The van der Waals surface area contributed by atoms with Crippen molar-refractivity contribution in [3.63, 3.8) is 0 Å². The molecule has 4 rings (SSSR count). The minimum atomic E-state index is -4.19. The van der Waals surface area contributed by atoms with Crippen LogP contribution in [-0.2, 0) is 26.6 Å². The number of rotatable bonds is 7. The van der Waals surface area contributed by atoms with Gasteiger partial charge in [-0.25, -0.2) is 26.5 Å². The molecule has 0 fully saturated rings. The molecule has 14 heteroatoms. The van der Waals surface area contributed by atoms with E-state index in [1.54, 1.807) is 0 Å². The molecule has 0 saturated heterocycles. The zero-order chi connectivity index (χ0) is 25.5. The van der Waals surface area contributed by atoms with Crippen molar-refractivity contribution in [2.75, 3.05) is 16.7 Å². The van der Waals surface area contributed by atoms with Crippen LogP contribution < -0.4 is 20.7 Å². The number of aryl methyl sites for hydroxylation is 1. The Hall–Kier alpha value is -3.23. The lowest BCUT2D eigenvalue weighted by Gasteiger charge is -2.21. The molecule has 3 heterocycles. The van der Waals surface area contributed by atoms with Crippen LogP contribution in [0.4, 0.5) is 17.1 Å². The van der Waals surface area contributed by atoms with Crippen LogP contribution in [0, 0.1) is 5.92 Å². The number of nitrogens with two attached hydrogens (primary N) is 1. The number of benzene rings is 1. The van der Waals surface area contributed by atoms with Gasteiger partial charge in [0.2, 0.25) is 10.0 Å². The fraction of sp³-hybridized carbons (Fsp3) is 0.286. The van der Waals surface area contributed by atoms with Crippen LogP contribution in [0.3, 0.4) is 0 Å². The van der Waals surface area contributed by atoms with E-state index in [4.69, 9.17) is 5.73 Å². The molecule has 11 nitrogen and oxygen atoms in total. The van der Waals surface area contributed by atoms with E-state index in [1.807, 2.05) is 31.4 Å². The molecule has 1 aromatic carbocycles. The van der Waals surface area contributed by atoms with E-state index in [9.17, 15) is 21.6 Å². The van der Waals surface area contributed by atoms with Gasteiger partial charge in [-0.15, -0.1) is 11.3 Å². The average Bonchev–Trinajstić information content (AvgIpc) is 3.27. The van der Waals surface area contributed by atoms with Crippen molar-refractivity contribution in [1.82, 2.24) is 14.5 Å². The average molecular weight is 537 g/mol. The number of anilines is 2. The van der Waals surface area contributed by atoms with Gasteiger partial charge >= 0.3 is 0 Å². The molecular weight excluding hydrogens is 512 g/mol. The minimum Gasteiger partial charge on any atom is -0.396 e. The Bertz CT molecular complexity index is 1590. The number of amidine groups is 1. The molecule has 2 aromatic heterocycles. The number of nitrogens with one attached hydrogen (secondary N) is 2.